The Balaban J connectivity index is 1.32. The monoisotopic (exact) mass is 527 g/mol. The number of pyridine rings is 1. The Bertz CT molecular complexity index is 1480. The number of hydrogen-bond donors (Lipinski definition) is 2. The molecule has 1 saturated heterocycles. The molecule has 200 valence electrons. The first-order valence-corrected chi connectivity index (χ1v) is 13.2. The molecule has 1 aliphatic carbocycles. The van der Waals surface area contributed by atoms with Crippen molar-refractivity contribution in [1.29, 1.82) is 0 Å². The molecule has 1 aromatic heterocycles. The second kappa shape index (κ2) is 9.72. The van der Waals surface area contributed by atoms with Gasteiger partial charge in [-0.3, -0.25) is 19.7 Å². The fraction of sp³-hybridized carbons (Fsp3) is 0.333. The summed E-state index contributed by atoms with van der Waals surface area (Å²) >= 11 is 0. The number of ether oxygens (including phenoxy) is 2. The maximum Gasteiger partial charge on any atom is 0.415 e. The Hall–Kier alpha value is -4.40. The van der Waals surface area contributed by atoms with Crippen molar-refractivity contribution in [2.24, 2.45) is 11.8 Å². The number of alkyl carbamates (subject to hydrolysis) is 1. The molecule has 2 aliphatic heterocycles. The second-order valence-electron chi connectivity index (χ2n) is 10.5. The van der Waals surface area contributed by atoms with Crippen LogP contribution < -0.4 is 15.6 Å². The van der Waals surface area contributed by atoms with Crippen molar-refractivity contribution in [2.75, 3.05) is 6.61 Å². The Morgan fingerprint density at radius 1 is 1.05 bits per heavy atom. The first kappa shape index (κ1) is 24.9. The lowest BCUT2D eigenvalue weighted by molar-refractivity contribution is -0.147. The van der Waals surface area contributed by atoms with Gasteiger partial charge in [0.2, 0.25) is 17.1 Å². The predicted octanol–water partition coefficient (Wildman–Crippen LogP) is 3.73. The number of rotatable bonds is 7. The van der Waals surface area contributed by atoms with Crippen molar-refractivity contribution in [3.05, 3.63) is 88.3 Å². The molecule has 3 amide bonds. The second-order valence-corrected chi connectivity index (χ2v) is 10.5. The van der Waals surface area contributed by atoms with Gasteiger partial charge in [-0.25, -0.2) is 4.79 Å². The van der Waals surface area contributed by atoms with E-state index in [0.29, 0.717) is 23.8 Å². The van der Waals surface area contributed by atoms with Crippen LogP contribution in [0, 0.1) is 11.8 Å². The highest BCUT2D eigenvalue weighted by Gasteiger charge is 2.60. The zero-order chi connectivity index (χ0) is 27.1. The topological polar surface area (TPSA) is 118 Å². The molecule has 3 aliphatic rings. The third kappa shape index (κ3) is 4.58. The normalized spacial score (nSPS) is 22.4. The third-order valence-electron chi connectivity index (χ3n) is 8.05. The van der Waals surface area contributed by atoms with Crippen molar-refractivity contribution in [3.8, 4) is 16.9 Å². The number of fused-ring (bicyclic) bond motifs is 2. The van der Waals surface area contributed by atoms with E-state index in [9.17, 15) is 19.2 Å². The molecule has 2 N–H and O–H groups in total. The smallest absolute Gasteiger partial charge is 0.415 e. The van der Waals surface area contributed by atoms with Gasteiger partial charge >= 0.3 is 6.09 Å². The molecule has 3 aromatic rings. The van der Waals surface area contributed by atoms with Gasteiger partial charge in [-0.05, 0) is 54.5 Å². The molecular weight excluding hydrogens is 498 g/mol. The largest absolute Gasteiger partial charge is 0.493 e. The molecule has 39 heavy (non-hydrogen) atoms. The van der Waals surface area contributed by atoms with Gasteiger partial charge in [0.25, 0.3) is 5.91 Å². The van der Waals surface area contributed by atoms with Gasteiger partial charge in [-0.1, -0.05) is 42.5 Å². The molecular formula is C30H29N3O6. The molecule has 3 atom stereocenters. The molecule has 1 saturated carbocycles. The van der Waals surface area contributed by atoms with Crippen LogP contribution in [0.5, 0.6) is 5.75 Å². The number of imide groups is 1. The average molecular weight is 528 g/mol. The van der Waals surface area contributed by atoms with Crippen LogP contribution in [0.4, 0.5) is 4.79 Å². The van der Waals surface area contributed by atoms with Gasteiger partial charge < -0.3 is 19.4 Å². The van der Waals surface area contributed by atoms with E-state index in [1.54, 1.807) is 30.5 Å². The Labute approximate surface area is 225 Å². The summed E-state index contributed by atoms with van der Waals surface area (Å²) in [5.74, 6) is -0.590. The minimum atomic E-state index is -1.68. The molecule has 9 nitrogen and oxygen atoms in total. The van der Waals surface area contributed by atoms with Gasteiger partial charge in [0.05, 0.1) is 12.5 Å². The van der Waals surface area contributed by atoms with Gasteiger partial charge in [-0.15, -0.1) is 0 Å². The van der Waals surface area contributed by atoms with Gasteiger partial charge in [0, 0.05) is 36.8 Å². The van der Waals surface area contributed by atoms with E-state index < -0.39 is 23.5 Å². The number of aromatic nitrogens is 1. The third-order valence-corrected chi connectivity index (χ3v) is 8.05. The number of H-pyrrole nitrogens is 1. The van der Waals surface area contributed by atoms with Crippen LogP contribution in [0.1, 0.15) is 37.3 Å². The summed E-state index contributed by atoms with van der Waals surface area (Å²) in [5.41, 5.74) is 1.04. The van der Waals surface area contributed by atoms with E-state index in [1.165, 1.54) is 6.07 Å². The number of carbonyl (C=O) groups is 3. The molecule has 1 spiro atoms. The molecule has 2 fully saturated rings. The fourth-order valence-corrected chi connectivity index (χ4v) is 5.70. The Morgan fingerprint density at radius 2 is 1.82 bits per heavy atom. The zero-order valence-electron chi connectivity index (χ0n) is 21.5. The molecule has 0 bridgehead atoms. The lowest BCUT2D eigenvalue weighted by atomic mass is 9.76. The SMILES string of the molecule is C[C@@H](C1CC1)N(Cc1ccccc1)C(=O)CC1COc2cc(-c3ccc(=O)[nH]c3)ccc2C12OC(=O)NC2=O. The van der Waals surface area contributed by atoms with E-state index in [4.69, 9.17) is 9.47 Å². The molecule has 0 radical (unpaired) electrons. The van der Waals surface area contributed by atoms with Crippen LogP contribution in [-0.2, 0) is 26.5 Å². The van der Waals surface area contributed by atoms with Crippen LogP contribution in [0.2, 0.25) is 0 Å². The molecule has 3 heterocycles. The molecule has 2 aromatic carbocycles. The van der Waals surface area contributed by atoms with E-state index in [1.807, 2.05) is 35.2 Å². The summed E-state index contributed by atoms with van der Waals surface area (Å²) < 4.78 is 11.8. The standard InChI is InChI=1S/C30H29N3O6/c1-18(20-7-8-20)33(16-19-5-3-2-4-6-19)27(35)14-23-17-38-25-13-21(22-10-12-26(34)31-15-22)9-11-24(25)30(23)28(36)32-29(37)39-30/h2-6,9-13,15,18,20,23H,7-8,14,16-17H2,1H3,(H,31,34)(H,32,36,37)/t18-,23?,30?/m0/s1. The lowest BCUT2D eigenvalue weighted by Gasteiger charge is -2.39. The highest BCUT2D eigenvalue weighted by atomic mass is 16.6. The number of nitrogens with one attached hydrogen (secondary N) is 2. The quantitative estimate of drug-likeness (QED) is 0.484. The number of benzene rings is 2. The van der Waals surface area contributed by atoms with Crippen molar-refractivity contribution in [2.45, 2.75) is 44.4 Å². The van der Waals surface area contributed by atoms with E-state index in [0.717, 1.165) is 29.5 Å². The highest BCUT2D eigenvalue weighted by molar-refractivity contribution is 6.04. The summed E-state index contributed by atoms with van der Waals surface area (Å²) in [4.78, 5) is 55.6. The number of nitrogens with zero attached hydrogens (tertiary/aromatic N) is 1. The van der Waals surface area contributed by atoms with Crippen LogP contribution in [0.15, 0.2) is 71.7 Å². The first-order valence-electron chi connectivity index (χ1n) is 13.2. The summed E-state index contributed by atoms with van der Waals surface area (Å²) in [6, 6.07) is 18.2. The number of carbonyl (C=O) groups excluding carboxylic acids is 3. The Kier molecular flexibility index (Phi) is 6.21. The summed E-state index contributed by atoms with van der Waals surface area (Å²) in [5, 5.41) is 2.27. The van der Waals surface area contributed by atoms with E-state index >= 15 is 0 Å². The molecule has 6 rings (SSSR count). The maximum absolute atomic E-state index is 13.9. The number of aromatic amines is 1. The van der Waals surface area contributed by atoms with Crippen LogP contribution >= 0.6 is 0 Å². The highest BCUT2D eigenvalue weighted by Crippen LogP contribution is 2.48. The van der Waals surface area contributed by atoms with Crippen molar-refractivity contribution < 1.29 is 23.9 Å². The van der Waals surface area contributed by atoms with E-state index in [-0.39, 0.29) is 30.5 Å². The summed E-state index contributed by atoms with van der Waals surface area (Å²) in [6.07, 6.45) is 2.89. The predicted molar refractivity (Wildman–Crippen MR) is 142 cm³/mol. The van der Waals surface area contributed by atoms with E-state index in [2.05, 4.69) is 17.2 Å². The first-order chi connectivity index (χ1) is 18.8. The minimum absolute atomic E-state index is 0.0193. The van der Waals surface area contributed by atoms with Crippen molar-refractivity contribution in [1.82, 2.24) is 15.2 Å². The van der Waals surface area contributed by atoms with Crippen molar-refractivity contribution >= 4 is 17.9 Å². The fourth-order valence-electron chi connectivity index (χ4n) is 5.70. The van der Waals surface area contributed by atoms with Crippen LogP contribution in [0.25, 0.3) is 11.1 Å². The molecule has 9 heteroatoms. The number of hydrogen-bond acceptors (Lipinski definition) is 6. The number of amides is 3. The molecule has 2 unspecified atom stereocenters. The Morgan fingerprint density at radius 3 is 2.49 bits per heavy atom. The zero-order valence-corrected chi connectivity index (χ0v) is 21.5. The van der Waals surface area contributed by atoms with Gasteiger partial charge in [0.15, 0.2) is 0 Å². The van der Waals surface area contributed by atoms with Crippen molar-refractivity contribution in [3.63, 3.8) is 0 Å². The van der Waals surface area contributed by atoms with Gasteiger partial charge in [0.1, 0.15) is 5.75 Å². The van der Waals surface area contributed by atoms with Crippen LogP contribution in [-0.4, -0.2) is 40.4 Å². The summed E-state index contributed by atoms with van der Waals surface area (Å²) in [6.45, 7) is 2.55. The van der Waals surface area contributed by atoms with Gasteiger partial charge in [-0.2, -0.15) is 0 Å². The van der Waals surface area contributed by atoms with Crippen LogP contribution in [0.3, 0.4) is 0 Å². The summed E-state index contributed by atoms with van der Waals surface area (Å²) in [7, 11) is 0. The maximum atomic E-state index is 13.9. The minimum Gasteiger partial charge on any atom is -0.493 e. The lowest BCUT2D eigenvalue weighted by Crippen LogP contribution is -2.51. The average Bonchev–Trinajstić information content (AvgIpc) is 3.74.